The maximum Gasteiger partial charge on any atom is 0.418 e. The molecule has 108 valence electrons. The van der Waals surface area contributed by atoms with Crippen LogP contribution in [0.15, 0.2) is 30.6 Å². The molecule has 0 saturated heterocycles. The van der Waals surface area contributed by atoms with Crippen LogP contribution in [0.25, 0.3) is 11.1 Å². The standard InChI is InChI=1S/C13H14F3N3O/c1-20-5-4-19-8-10(7-18-19)9-2-3-12(17)11(6-9)13(14,15)16/h2-3,6-8H,4-5,17H2,1H3. The zero-order valence-corrected chi connectivity index (χ0v) is 10.8. The molecule has 4 nitrogen and oxygen atoms in total. The van der Waals surface area contributed by atoms with E-state index in [2.05, 4.69) is 5.10 Å². The van der Waals surface area contributed by atoms with Crippen LogP contribution in [-0.2, 0) is 17.5 Å². The lowest BCUT2D eigenvalue weighted by molar-refractivity contribution is -0.136. The smallest absolute Gasteiger partial charge is 0.398 e. The highest BCUT2D eigenvalue weighted by atomic mass is 19.4. The Balaban J connectivity index is 2.31. The molecule has 0 atom stereocenters. The lowest BCUT2D eigenvalue weighted by Gasteiger charge is -2.11. The second kappa shape index (κ2) is 5.54. The Bertz CT molecular complexity index is 593. The van der Waals surface area contributed by atoms with Gasteiger partial charge in [0.05, 0.1) is 24.9 Å². The van der Waals surface area contributed by atoms with Gasteiger partial charge >= 0.3 is 6.18 Å². The third-order valence-electron chi connectivity index (χ3n) is 2.85. The highest BCUT2D eigenvalue weighted by Crippen LogP contribution is 2.36. The van der Waals surface area contributed by atoms with Crippen LogP contribution in [0.4, 0.5) is 18.9 Å². The molecule has 0 spiro atoms. The molecule has 0 aliphatic heterocycles. The second-order valence-electron chi connectivity index (χ2n) is 4.28. The van der Waals surface area contributed by atoms with E-state index in [0.717, 1.165) is 6.07 Å². The van der Waals surface area contributed by atoms with Gasteiger partial charge in [-0.2, -0.15) is 18.3 Å². The molecule has 0 aliphatic carbocycles. The molecule has 2 rings (SSSR count). The van der Waals surface area contributed by atoms with E-state index in [1.165, 1.54) is 12.3 Å². The van der Waals surface area contributed by atoms with Gasteiger partial charge in [0.15, 0.2) is 0 Å². The number of hydrogen-bond donors (Lipinski definition) is 1. The van der Waals surface area contributed by atoms with Gasteiger partial charge in [0.25, 0.3) is 0 Å². The molecule has 0 unspecified atom stereocenters. The fraction of sp³-hybridized carbons (Fsp3) is 0.308. The second-order valence-corrected chi connectivity index (χ2v) is 4.28. The summed E-state index contributed by atoms with van der Waals surface area (Å²) >= 11 is 0. The number of hydrogen-bond acceptors (Lipinski definition) is 3. The fourth-order valence-corrected chi connectivity index (χ4v) is 1.80. The number of ether oxygens (including phenoxy) is 1. The molecule has 0 radical (unpaired) electrons. The first-order chi connectivity index (χ1) is 9.41. The van der Waals surface area contributed by atoms with Crippen molar-refractivity contribution < 1.29 is 17.9 Å². The van der Waals surface area contributed by atoms with E-state index in [0.29, 0.717) is 24.3 Å². The van der Waals surface area contributed by atoms with Gasteiger partial charge in [0.2, 0.25) is 0 Å². The molecule has 0 fully saturated rings. The van der Waals surface area contributed by atoms with Crippen molar-refractivity contribution in [3.05, 3.63) is 36.2 Å². The van der Waals surface area contributed by atoms with Crippen molar-refractivity contribution in [1.29, 1.82) is 0 Å². The Morgan fingerprint density at radius 1 is 1.30 bits per heavy atom. The number of nitrogens with two attached hydrogens (primary N) is 1. The average Bonchev–Trinajstić information content (AvgIpc) is 2.84. The van der Waals surface area contributed by atoms with Crippen molar-refractivity contribution in [3.8, 4) is 11.1 Å². The molecule has 20 heavy (non-hydrogen) atoms. The molecule has 1 aromatic heterocycles. The Morgan fingerprint density at radius 3 is 2.70 bits per heavy atom. The van der Waals surface area contributed by atoms with Crippen LogP contribution >= 0.6 is 0 Å². The van der Waals surface area contributed by atoms with E-state index in [4.69, 9.17) is 10.5 Å². The topological polar surface area (TPSA) is 53.1 Å². The summed E-state index contributed by atoms with van der Waals surface area (Å²) in [6, 6.07) is 3.83. The van der Waals surface area contributed by atoms with E-state index >= 15 is 0 Å². The number of alkyl halides is 3. The number of anilines is 1. The minimum atomic E-state index is -4.47. The van der Waals surface area contributed by atoms with Gasteiger partial charge in [-0.25, -0.2) is 0 Å². The molecule has 0 amide bonds. The number of benzene rings is 1. The zero-order chi connectivity index (χ0) is 14.8. The number of rotatable bonds is 4. The van der Waals surface area contributed by atoms with Crippen molar-refractivity contribution >= 4 is 5.69 Å². The van der Waals surface area contributed by atoms with E-state index in [1.807, 2.05) is 0 Å². The Morgan fingerprint density at radius 2 is 2.05 bits per heavy atom. The molecule has 2 aromatic rings. The summed E-state index contributed by atoms with van der Waals surface area (Å²) in [4.78, 5) is 0. The van der Waals surface area contributed by atoms with Crippen LogP contribution in [0, 0.1) is 0 Å². The molecular formula is C13H14F3N3O. The third kappa shape index (κ3) is 3.11. The predicted octanol–water partition coefficient (Wildman–Crippen LogP) is 2.80. The highest BCUT2D eigenvalue weighted by molar-refractivity contribution is 5.67. The van der Waals surface area contributed by atoms with Gasteiger partial charge in [-0.1, -0.05) is 6.07 Å². The summed E-state index contributed by atoms with van der Waals surface area (Å²) in [6.07, 6.45) is -1.28. The van der Waals surface area contributed by atoms with Gasteiger partial charge in [0.1, 0.15) is 0 Å². The number of halogens is 3. The molecule has 1 aromatic carbocycles. The van der Waals surface area contributed by atoms with Crippen molar-refractivity contribution in [2.45, 2.75) is 12.7 Å². The average molecular weight is 285 g/mol. The zero-order valence-electron chi connectivity index (χ0n) is 10.8. The number of methoxy groups -OCH3 is 1. The molecule has 1 heterocycles. The fourth-order valence-electron chi connectivity index (χ4n) is 1.80. The van der Waals surface area contributed by atoms with E-state index in [-0.39, 0.29) is 5.69 Å². The summed E-state index contributed by atoms with van der Waals surface area (Å²) in [5.41, 5.74) is 5.28. The minimum Gasteiger partial charge on any atom is -0.398 e. The van der Waals surface area contributed by atoms with Gasteiger partial charge < -0.3 is 10.5 Å². The summed E-state index contributed by atoms with van der Waals surface area (Å²) in [5.74, 6) is 0. The number of nitrogen functional groups attached to an aromatic ring is 1. The quantitative estimate of drug-likeness (QED) is 0.879. The summed E-state index contributed by atoms with van der Waals surface area (Å²) in [7, 11) is 1.57. The van der Waals surface area contributed by atoms with Crippen LogP contribution in [0.1, 0.15) is 5.56 Å². The van der Waals surface area contributed by atoms with Gasteiger partial charge in [0, 0.05) is 24.6 Å². The third-order valence-corrected chi connectivity index (χ3v) is 2.85. The monoisotopic (exact) mass is 285 g/mol. The molecule has 2 N–H and O–H groups in total. The van der Waals surface area contributed by atoms with Crippen LogP contribution in [-0.4, -0.2) is 23.5 Å². The first-order valence-electron chi connectivity index (χ1n) is 5.90. The van der Waals surface area contributed by atoms with Gasteiger partial charge in [-0.05, 0) is 17.7 Å². The molecule has 0 aliphatic rings. The van der Waals surface area contributed by atoms with Crippen LogP contribution in [0.3, 0.4) is 0 Å². The predicted molar refractivity (Wildman–Crippen MR) is 69.0 cm³/mol. The Hall–Kier alpha value is -2.02. The van der Waals surface area contributed by atoms with Crippen molar-refractivity contribution in [3.63, 3.8) is 0 Å². The van der Waals surface area contributed by atoms with Crippen molar-refractivity contribution in [2.24, 2.45) is 0 Å². The number of aromatic nitrogens is 2. The molecular weight excluding hydrogens is 271 g/mol. The van der Waals surface area contributed by atoms with E-state index < -0.39 is 11.7 Å². The first-order valence-corrected chi connectivity index (χ1v) is 5.90. The van der Waals surface area contributed by atoms with Crippen LogP contribution in [0.2, 0.25) is 0 Å². The Kier molecular flexibility index (Phi) is 3.99. The number of nitrogens with zero attached hydrogens (tertiary/aromatic N) is 2. The lowest BCUT2D eigenvalue weighted by Crippen LogP contribution is -2.08. The van der Waals surface area contributed by atoms with Gasteiger partial charge in [-0.15, -0.1) is 0 Å². The van der Waals surface area contributed by atoms with Crippen molar-refractivity contribution in [1.82, 2.24) is 9.78 Å². The minimum absolute atomic E-state index is 0.284. The summed E-state index contributed by atoms with van der Waals surface area (Å²) < 4.78 is 44.9. The van der Waals surface area contributed by atoms with Gasteiger partial charge in [-0.3, -0.25) is 4.68 Å². The van der Waals surface area contributed by atoms with Crippen LogP contribution < -0.4 is 5.73 Å². The largest absolute Gasteiger partial charge is 0.418 e. The maximum absolute atomic E-state index is 12.8. The van der Waals surface area contributed by atoms with Crippen molar-refractivity contribution in [2.75, 3.05) is 19.5 Å². The summed E-state index contributed by atoms with van der Waals surface area (Å²) in [5, 5.41) is 4.07. The van der Waals surface area contributed by atoms with Crippen LogP contribution in [0.5, 0.6) is 0 Å². The first kappa shape index (κ1) is 14.4. The normalized spacial score (nSPS) is 11.8. The molecule has 0 bridgehead atoms. The van der Waals surface area contributed by atoms with E-state index in [1.54, 1.807) is 24.1 Å². The maximum atomic E-state index is 12.8. The molecule has 7 heteroatoms. The van der Waals surface area contributed by atoms with E-state index in [9.17, 15) is 13.2 Å². The highest BCUT2D eigenvalue weighted by Gasteiger charge is 2.33. The Labute approximate surface area is 114 Å². The lowest BCUT2D eigenvalue weighted by atomic mass is 10.0. The SMILES string of the molecule is COCCn1cc(-c2ccc(N)c(C(F)(F)F)c2)cn1. The summed E-state index contributed by atoms with van der Waals surface area (Å²) in [6.45, 7) is 1.02. The molecule has 0 saturated carbocycles.